The van der Waals surface area contributed by atoms with Gasteiger partial charge in [0.2, 0.25) is 5.91 Å². The van der Waals surface area contributed by atoms with E-state index in [2.05, 4.69) is 21.4 Å². The van der Waals surface area contributed by atoms with E-state index in [4.69, 9.17) is 4.74 Å². The summed E-state index contributed by atoms with van der Waals surface area (Å²) < 4.78 is 7.16. The molecule has 1 aliphatic heterocycles. The van der Waals surface area contributed by atoms with Crippen LogP contribution in [0.3, 0.4) is 0 Å². The summed E-state index contributed by atoms with van der Waals surface area (Å²) in [5.74, 6) is 0.959. The molecule has 0 aliphatic carbocycles. The zero-order valence-corrected chi connectivity index (χ0v) is 17.4. The molecule has 1 aromatic carbocycles. The summed E-state index contributed by atoms with van der Waals surface area (Å²) in [5, 5.41) is 7.28. The Balaban J connectivity index is 0.00000182. The van der Waals surface area contributed by atoms with Gasteiger partial charge in [0, 0.05) is 45.0 Å². The second-order valence-corrected chi connectivity index (χ2v) is 6.15. The van der Waals surface area contributed by atoms with Crippen LogP contribution in [-0.2, 0) is 11.8 Å². The van der Waals surface area contributed by atoms with Gasteiger partial charge >= 0.3 is 0 Å². The maximum atomic E-state index is 12.9. The van der Waals surface area contributed by atoms with Gasteiger partial charge in [-0.05, 0) is 19.2 Å². The van der Waals surface area contributed by atoms with Gasteiger partial charge in [-0.25, -0.2) is 0 Å². The molecule has 1 unspecified atom stereocenters. The van der Waals surface area contributed by atoms with Gasteiger partial charge in [-0.15, -0.1) is 24.8 Å². The van der Waals surface area contributed by atoms with Crippen molar-refractivity contribution >= 4 is 36.4 Å². The molecule has 0 spiro atoms. The van der Waals surface area contributed by atoms with Gasteiger partial charge in [0.15, 0.2) is 0 Å². The van der Waals surface area contributed by atoms with Gasteiger partial charge in [0.1, 0.15) is 11.8 Å². The average Bonchev–Trinajstić information content (AvgIpc) is 3.08. The van der Waals surface area contributed by atoms with Crippen molar-refractivity contribution in [3.8, 4) is 5.75 Å². The molecule has 27 heavy (non-hydrogen) atoms. The summed E-state index contributed by atoms with van der Waals surface area (Å²) in [6.07, 6.45) is 3.62. The SMILES string of the molecule is CNC(C(=O)N1CCN(c2ccccc2OC)CC1)c1cnn(C)c1.Cl.Cl. The van der Waals surface area contributed by atoms with Crippen LogP contribution >= 0.6 is 24.8 Å². The first kappa shape index (κ1) is 23.1. The number of methoxy groups -OCH3 is 1. The fourth-order valence-corrected chi connectivity index (χ4v) is 3.26. The Morgan fingerprint density at radius 1 is 1.19 bits per heavy atom. The Labute approximate surface area is 172 Å². The molecule has 3 rings (SSSR count). The largest absolute Gasteiger partial charge is 0.495 e. The zero-order chi connectivity index (χ0) is 17.8. The van der Waals surface area contributed by atoms with Crippen molar-refractivity contribution in [2.24, 2.45) is 7.05 Å². The lowest BCUT2D eigenvalue weighted by Crippen LogP contribution is -2.51. The Hall–Kier alpha value is -1.96. The predicted molar refractivity (Wildman–Crippen MR) is 111 cm³/mol. The van der Waals surface area contributed by atoms with Crippen LogP contribution < -0.4 is 15.0 Å². The number of aromatic nitrogens is 2. The molecule has 1 saturated heterocycles. The summed E-state index contributed by atoms with van der Waals surface area (Å²) in [5.41, 5.74) is 1.97. The fourth-order valence-electron chi connectivity index (χ4n) is 3.26. The number of likely N-dealkylation sites (N-methyl/N-ethyl adjacent to an activating group) is 1. The number of nitrogens with one attached hydrogen (secondary N) is 1. The lowest BCUT2D eigenvalue weighted by Gasteiger charge is -2.37. The highest BCUT2D eigenvalue weighted by Crippen LogP contribution is 2.28. The van der Waals surface area contributed by atoms with E-state index in [0.717, 1.165) is 30.1 Å². The Morgan fingerprint density at radius 3 is 2.41 bits per heavy atom. The molecule has 2 aromatic rings. The van der Waals surface area contributed by atoms with E-state index in [1.807, 2.05) is 36.3 Å². The molecule has 0 saturated carbocycles. The quantitative estimate of drug-likeness (QED) is 0.807. The number of anilines is 1. The van der Waals surface area contributed by atoms with Crippen molar-refractivity contribution < 1.29 is 9.53 Å². The number of amides is 1. The van der Waals surface area contributed by atoms with E-state index in [1.165, 1.54) is 0 Å². The molecule has 1 fully saturated rings. The first-order chi connectivity index (χ1) is 12.1. The molecular formula is C18H27Cl2N5O2. The number of carbonyl (C=O) groups excluding carboxylic acids is 1. The molecular weight excluding hydrogens is 389 g/mol. The molecule has 0 bridgehead atoms. The highest BCUT2D eigenvalue weighted by Gasteiger charge is 2.29. The fraction of sp³-hybridized carbons (Fsp3) is 0.444. The Morgan fingerprint density at radius 2 is 1.85 bits per heavy atom. The number of para-hydroxylation sites is 2. The maximum absolute atomic E-state index is 12.9. The van der Waals surface area contributed by atoms with Gasteiger partial charge in [-0.1, -0.05) is 12.1 Å². The summed E-state index contributed by atoms with van der Waals surface area (Å²) in [4.78, 5) is 17.1. The third kappa shape index (κ3) is 5.06. The number of hydrogen-bond acceptors (Lipinski definition) is 5. The lowest BCUT2D eigenvalue weighted by molar-refractivity contribution is -0.133. The summed E-state index contributed by atoms with van der Waals surface area (Å²) in [6, 6.07) is 7.64. The van der Waals surface area contributed by atoms with Crippen LogP contribution in [0.1, 0.15) is 11.6 Å². The monoisotopic (exact) mass is 415 g/mol. The first-order valence-electron chi connectivity index (χ1n) is 8.46. The Bertz CT molecular complexity index is 732. The number of carbonyl (C=O) groups is 1. The van der Waals surface area contributed by atoms with E-state index >= 15 is 0 Å². The van der Waals surface area contributed by atoms with Crippen molar-refractivity contribution in [3.05, 3.63) is 42.2 Å². The van der Waals surface area contributed by atoms with Crippen molar-refractivity contribution in [3.63, 3.8) is 0 Å². The van der Waals surface area contributed by atoms with E-state index in [-0.39, 0.29) is 36.8 Å². The topological polar surface area (TPSA) is 62.6 Å². The van der Waals surface area contributed by atoms with Crippen molar-refractivity contribution in [1.82, 2.24) is 20.0 Å². The summed E-state index contributed by atoms with van der Waals surface area (Å²) >= 11 is 0. The molecule has 1 N–H and O–H groups in total. The summed E-state index contributed by atoms with van der Waals surface area (Å²) in [7, 11) is 5.34. The number of aryl methyl sites for hydroxylation is 1. The first-order valence-corrected chi connectivity index (χ1v) is 8.46. The highest BCUT2D eigenvalue weighted by molar-refractivity contribution is 5.85. The normalized spacial score (nSPS) is 14.8. The number of halogens is 2. The van der Waals surface area contributed by atoms with E-state index in [1.54, 1.807) is 25.0 Å². The second kappa shape index (κ2) is 10.4. The van der Waals surface area contributed by atoms with E-state index in [0.29, 0.717) is 13.1 Å². The minimum Gasteiger partial charge on any atom is -0.495 e. The van der Waals surface area contributed by atoms with Crippen molar-refractivity contribution in [1.29, 1.82) is 0 Å². The zero-order valence-electron chi connectivity index (χ0n) is 15.8. The average molecular weight is 416 g/mol. The Kier molecular flexibility index (Phi) is 8.88. The number of benzene rings is 1. The molecule has 0 radical (unpaired) electrons. The molecule has 1 aliphatic rings. The smallest absolute Gasteiger partial charge is 0.244 e. The maximum Gasteiger partial charge on any atom is 0.244 e. The molecule has 1 amide bonds. The number of nitrogens with zero attached hydrogens (tertiary/aromatic N) is 4. The van der Waals surface area contributed by atoms with Crippen LogP contribution in [0.4, 0.5) is 5.69 Å². The van der Waals surface area contributed by atoms with E-state index in [9.17, 15) is 4.79 Å². The number of hydrogen-bond donors (Lipinski definition) is 1. The van der Waals surface area contributed by atoms with Crippen LogP contribution in [0, 0.1) is 0 Å². The number of ether oxygens (including phenoxy) is 1. The van der Waals surface area contributed by atoms with Crippen LogP contribution in [-0.4, -0.2) is 60.9 Å². The summed E-state index contributed by atoms with van der Waals surface area (Å²) in [6.45, 7) is 2.95. The second-order valence-electron chi connectivity index (χ2n) is 6.15. The third-order valence-electron chi connectivity index (χ3n) is 4.61. The standard InChI is InChI=1S/C18H25N5O2.2ClH/c1-19-17(14-12-20-21(2)13-14)18(24)23-10-8-22(9-11-23)15-6-4-5-7-16(15)25-3;;/h4-7,12-13,17,19H,8-11H2,1-3H3;2*1H. The van der Waals surface area contributed by atoms with Crippen LogP contribution in [0.5, 0.6) is 5.75 Å². The highest BCUT2D eigenvalue weighted by atomic mass is 35.5. The molecule has 9 heteroatoms. The number of rotatable bonds is 5. The van der Waals surface area contributed by atoms with E-state index < -0.39 is 0 Å². The number of piperazine rings is 1. The predicted octanol–water partition coefficient (Wildman–Crippen LogP) is 1.88. The van der Waals surface area contributed by atoms with Crippen LogP contribution in [0.15, 0.2) is 36.7 Å². The van der Waals surface area contributed by atoms with Gasteiger partial charge in [-0.3, -0.25) is 9.48 Å². The van der Waals surface area contributed by atoms with Crippen molar-refractivity contribution in [2.45, 2.75) is 6.04 Å². The molecule has 150 valence electrons. The van der Waals surface area contributed by atoms with Gasteiger partial charge in [0.05, 0.1) is 19.0 Å². The van der Waals surface area contributed by atoms with Crippen LogP contribution in [0.25, 0.3) is 0 Å². The minimum absolute atomic E-state index is 0. The molecule has 7 nitrogen and oxygen atoms in total. The van der Waals surface area contributed by atoms with Gasteiger partial charge in [-0.2, -0.15) is 5.10 Å². The minimum atomic E-state index is -0.355. The van der Waals surface area contributed by atoms with Gasteiger partial charge < -0.3 is 19.9 Å². The molecule has 2 heterocycles. The molecule has 1 aromatic heterocycles. The van der Waals surface area contributed by atoms with Gasteiger partial charge in [0.25, 0.3) is 0 Å². The van der Waals surface area contributed by atoms with Crippen molar-refractivity contribution in [2.75, 3.05) is 45.2 Å². The lowest BCUT2D eigenvalue weighted by atomic mass is 10.1. The molecule has 1 atom stereocenters. The third-order valence-corrected chi connectivity index (χ3v) is 4.61. The van der Waals surface area contributed by atoms with Crippen LogP contribution in [0.2, 0.25) is 0 Å².